The quantitative estimate of drug-likeness (QED) is 0.621. The average Bonchev–Trinajstić information content (AvgIpc) is 2.60. The Kier molecular flexibility index (Phi) is 6.25. The maximum absolute atomic E-state index is 13.5. The zero-order valence-electron chi connectivity index (χ0n) is 14.6. The lowest BCUT2D eigenvalue weighted by Gasteiger charge is -2.14. The number of carbonyl (C=O) groups excluding carboxylic acids is 1. The molecule has 0 saturated carbocycles. The van der Waals surface area contributed by atoms with Crippen molar-refractivity contribution in [2.24, 2.45) is 0 Å². The molecule has 0 fully saturated rings. The van der Waals surface area contributed by atoms with Gasteiger partial charge in [0.05, 0.1) is 17.3 Å². The molecule has 7 nitrogen and oxygen atoms in total. The highest BCUT2D eigenvalue weighted by Crippen LogP contribution is 2.24. The van der Waals surface area contributed by atoms with Gasteiger partial charge < -0.3 is 16.0 Å². The van der Waals surface area contributed by atoms with Crippen LogP contribution in [-0.4, -0.2) is 28.9 Å². The molecule has 0 aliphatic rings. The van der Waals surface area contributed by atoms with Crippen molar-refractivity contribution in [1.29, 1.82) is 5.41 Å². The summed E-state index contributed by atoms with van der Waals surface area (Å²) >= 11 is 3.39. The highest BCUT2D eigenvalue weighted by molar-refractivity contribution is 9.10. The highest BCUT2D eigenvalue weighted by atomic mass is 79.9. The minimum Gasteiger partial charge on any atom is -0.372 e. The number of amides is 1. The Balaban J connectivity index is 2.46. The van der Waals surface area contributed by atoms with E-state index < -0.39 is 17.3 Å². The lowest BCUT2D eigenvalue weighted by molar-refractivity contribution is -0.121. The molecule has 0 radical (unpaired) electrons. The molecule has 1 aromatic carbocycles. The fourth-order valence-electron chi connectivity index (χ4n) is 2.45. The number of halogens is 2. The molecule has 26 heavy (non-hydrogen) atoms. The third-order valence-corrected chi connectivity index (χ3v) is 4.16. The zero-order valence-corrected chi connectivity index (χ0v) is 16.1. The summed E-state index contributed by atoms with van der Waals surface area (Å²) in [4.78, 5) is 24.9. The van der Waals surface area contributed by atoms with Crippen molar-refractivity contribution in [3.63, 3.8) is 0 Å². The van der Waals surface area contributed by atoms with Crippen LogP contribution in [-0.2, 0) is 11.3 Å². The number of hydrogen-bond donors (Lipinski definition) is 3. The van der Waals surface area contributed by atoms with Crippen LogP contribution in [0, 0.1) is 5.41 Å². The molecular weight excluding hydrogens is 405 g/mol. The monoisotopic (exact) mass is 423 g/mol. The van der Waals surface area contributed by atoms with Gasteiger partial charge in [-0.15, -0.1) is 0 Å². The molecule has 2 rings (SSSR count). The van der Waals surface area contributed by atoms with Gasteiger partial charge in [-0.25, -0.2) is 9.07 Å². The standard InChI is InChI=1S/C17H19BrFN5O2/c1-9(2)15-12-6-10(18)4-5-11(12)17(26)24(23-15)8-14(25)22-16(21-3)13(19)7-20/h4-7,9,20-21H,8H2,1-3H3,(H,22,25)/b16-13-,20-7?. The van der Waals surface area contributed by atoms with Gasteiger partial charge in [-0.1, -0.05) is 29.8 Å². The van der Waals surface area contributed by atoms with Crippen molar-refractivity contribution in [3.05, 3.63) is 50.4 Å². The third kappa shape index (κ3) is 4.16. The zero-order chi connectivity index (χ0) is 19.4. The third-order valence-electron chi connectivity index (χ3n) is 3.67. The minimum absolute atomic E-state index is 0.0323. The summed E-state index contributed by atoms with van der Waals surface area (Å²) in [5.41, 5.74) is 0.276. The first-order chi connectivity index (χ1) is 12.3. The number of nitrogens with zero attached hydrogens (tertiary/aromatic N) is 2. The number of hydrogen-bond acceptors (Lipinski definition) is 5. The largest absolute Gasteiger partial charge is 0.372 e. The van der Waals surface area contributed by atoms with Crippen LogP contribution in [0.4, 0.5) is 4.39 Å². The summed E-state index contributed by atoms with van der Waals surface area (Å²) in [5.74, 6) is -1.77. The summed E-state index contributed by atoms with van der Waals surface area (Å²) in [7, 11) is 1.41. The van der Waals surface area contributed by atoms with E-state index >= 15 is 0 Å². The van der Waals surface area contributed by atoms with Gasteiger partial charge in [-0.2, -0.15) is 5.10 Å². The fraction of sp³-hybridized carbons (Fsp3) is 0.294. The second-order valence-electron chi connectivity index (χ2n) is 5.86. The number of carbonyl (C=O) groups is 1. The molecule has 1 heterocycles. The molecule has 0 bridgehead atoms. The normalized spacial score (nSPS) is 12.1. The van der Waals surface area contributed by atoms with Gasteiger partial charge >= 0.3 is 0 Å². The van der Waals surface area contributed by atoms with Crippen molar-refractivity contribution in [3.8, 4) is 0 Å². The van der Waals surface area contributed by atoms with Gasteiger partial charge in [0.15, 0.2) is 5.83 Å². The van der Waals surface area contributed by atoms with E-state index in [1.165, 1.54) is 7.05 Å². The molecule has 0 unspecified atom stereocenters. The van der Waals surface area contributed by atoms with Crippen LogP contribution in [0.25, 0.3) is 10.8 Å². The van der Waals surface area contributed by atoms with Gasteiger partial charge in [-0.3, -0.25) is 9.59 Å². The summed E-state index contributed by atoms with van der Waals surface area (Å²) in [6.45, 7) is 3.51. The Morgan fingerprint density at radius 1 is 1.42 bits per heavy atom. The molecule has 0 atom stereocenters. The first-order valence-corrected chi connectivity index (χ1v) is 8.65. The molecule has 0 spiro atoms. The van der Waals surface area contributed by atoms with Crippen LogP contribution in [0.5, 0.6) is 0 Å². The molecule has 3 N–H and O–H groups in total. The summed E-state index contributed by atoms with van der Waals surface area (Å²) in [5, 5.41) is 17.2. The van der Waals surface area contributed by atoms with Crippen LogP contribution in [0.3, 0.4) is 0 Å². The Hall–Kier alpha value is -2.55. The first kappa shape index (κ1) is 19.8. The molecule has 9 heteroatoms. The summed E-state index contributed by atoms with van der Waals surface area (Å²) in [6.07, 6.45) is 0.473. The molecule has 0 aliphatic carbocycles. The van der Waals surface area contributed by atoms with E-state index in [-0.39, 0.29) is 18.3 Å². The minimum atomic E-state index is -0.924. The van der Waals surface area contributed by atoms with E-state index in [0.717, 1.165) is 14.5 Å². The lowest BCUT2D eigenvalue weighted by Crippen LogP contribution is -2.37. The number of benzene rings is 1. The fourth-order valence-corrected chi connectivity index (χ4v) is 2.81. The van der Waals surface area contributed by atoms with E-state index in [1.807, 2.05) is 19.9 Å². The molecule has 1 aromatic heterocycles. The van der Waals surface area contributed by atoms with Crippen LogP contribution < -0.4 is 16.2 Å². The Labute approximate surface area is 157 Å². The van der Waals surface area contributed by atoms with E-state index in [0.29, 0.717) is 17.3 Å². The maximum atomic E-state index is 13.5. The van der Waals surface area contributed by atoms with Gasteiger partial charge in [-0.05, 0) is 24.1 Å². The second-order valence-corrected chi connectivity index (χ2v) is 6.77. The maximum Gasteiger partial charge on any atom is 0.275 e. The highest BCUT2D eigenvalue weighted by Gasteiger charge is 2.16. The first-order valence-electron chi connectivity index (χ1n) is 7.86. The molecule has 138 valence electrons. The number of aromatic nitrogens is 2. The predicted octanol–water partition coefficient (Wildman–Crippen LogP) is 2.41. The molecule has 0 saturated heterocycles. The van der Waals surface area contributed by atoms with E-state index in [4.69, 9.17) is 5.41 Å². The van der Waals surface area contributed by atoms with E-state index in [2.05, 4.69) is 31.7 Å². The van der Waals surface area contributed by atoms with Crippen LogP contribution in [0.2, 0.25) is 0 Å². The smallest absolute Gasteiger partial charge is 0.275 e. The van der Waals surface area contributed by atoms with Crippen LogP contribution >= 0.6 is 15.9 Å². The van der Waals surface area contributed by atoms with Crippen molar-refractivity contribution in [2.45, 2.75) is 26.3 Å². The van der Waals surface area contributed by atoms with E-state index in [9.17, 15) is 14.0 Å². The van der Waals surface area contributed by atoms with Gasteiger partial charge in [0.1, 0.15) is 12.4 Å². The number of rotatable bonds is 6. The Bertz CT molecular complexity index is 952. The number of nitrogens with one attached hydrogen (secondary N) is 3. The Morgan fingerprint density at radius 3 is 2.69 bits per heavy atom. The molecule has 0 aliphatic heterocycles. The van der Waals surface area contributed by atoms with Crippen molar-refractivity contribution in [1.82, 2.24) is 20.4 Å². The van der Waals surface area contributed by atoms with Crippen molar-refractivity contribution >= 4 is 38.8 Å². The van der Waals surface area contributed by atoms with Crippen LogP contribution in [0.1, 0.15) is 25.5 Å². The van der Waals surface area contributed by atoms with Gasteiger partial charge in [0.25, 0.3) is 5.56 Å². The van der Waals surface area contributed by atoms with Crippen molar-refractivity contribution < 1.29 is 9.18 Å². The molecular formula is C17H19BrFN5O2. The average molecular weight is 424 g/mol. The SMILES string of the molecule is CN/C(NC(=O)Cn1nc(C(C)C)c2cc(Br)ccc2c1=O)=C(/F)C=N. The number of allylic oxidation sites excluding steroid dienone is 1. The second kappa shape index (κ2) is 8.22. The molecule has 2 aromatic rings. The van der Waals surface area contributed by atoms with E-state index in [1.54, 1.807) is 12.1 Å². The van der Waals surface area contributed by atoms with Gasteiger partial charge in [0.2, 0.25) is 5.91 Å². The summed E-state index contributed by atoms with van der Waals surface area (Å²) < 4.78 is 15.4. The predicted molar refractivity (Wildman–Crippen MR) is 102 cm³/mol. The number of fused-ring (bicyclic) bond motifs is 1. The molecule has 1 amide bonds. The van der Waals surface area contributed by atoms with Crippen LogP contribution in [0.15, 0.2) is 39.1 Å². The lowest BCUT2D eigenvalue weighted by atomic mass is 10.0. The summed E-state index contributed by atoms with van der Waals surface area (Å²) in [6, 6.07) is 5.25. The Morgan fingerprint density at radius 2 is 2.12 bits per heavy atom. The van der Waals surface area contributed by atoms with Gasteiger partial charge in [0, 0.05) is 16.9 Å². The topological polar surface area (TPSA) is 99.9 Å². The van der Waals surface area contributed by atoms with Crippen molar-refractivity contribution in [2.75, 3.05) is 7.05 Å².